The van der Waals surface area contributed by atoms with Crippen molar-refractivity contribution in [3.05, 3.63) is 56.4 Å². The first kappa shape index (κ1) is 20.1. The highest BCUT2D eigenvalue weighted by atomic mass is 32.1. The molecule has 0 bridgehead atoms. The number of nitrogens with zero attached hydrogens (tertiary/aromatic N) is 2. The van der Waals surface area contributed by atoms with Crippen LogP contribution in [0.25, 0.3) is 10.2 Å². The minimum Gasteiger partial charge on any atom is -0.451 e. The minimum atomic E-state index is -0.658. The number of rotatable bonds is 6. The van der Waals surface area contributed by atoms with Crippen LogP contribution in [0.15, 0.2) is 29.1 Å². The Morgan fingerprint density at radius 3 is 2.46 bits per heavy atom. The van der Waals surface area contributed by atoms with Gasteiger partial charge in [-0.05, 0) is 64.4 Å². The van der Waals surface area contributed by atoms with Gasteiger partial charge in [0.1, 0.15) is 4.83 Å². The van der Waals surface area contributed by atoms with Crippen molar-refractivity contribution in [2.24, 2.45) is 0 Å². The molecule has 0 unspecified atom stereocenters. The lowest BCUT2D eigenvalue weighted by Gasteiger charge is -2.21. The van der Waals surface area contributed by atoms with E-state index in [-0.39, 0.29) is 5.56 Å². The molecule has 0 aliphatic carbocycles. The fraction of sp³-hybridized carbons (Fsp3) is 0.381. The second kappa shape index (κ2) is 8.14. The zero-order valence-corrected chi connectivity index (χ0v) is 17.6. The number of fused-ring (bicyclic) bond motifs is 1. The maximum atomic E-state index is 12.5. The number of anilines is 1. The second-order valence-electron chi connectivity index (χ2n) is 6.68. The van der Waals surface area contributed by atoms with Gasteiger partial charge in [0, 0.05) is 23.7 Å². The van der Waals surface area contributed by atoms with Crippen LogP contribution < -0.4 is 10.5 Å². The van der Waals surface area contributed by atoms with Crippen LogP contribution in [-0.2, 0) is 4.74 Å². The maximum absolute atomic E-state index is 12.5. The summed E-state index contributed by atoms with van der Waals surface area (Å²) in [5, 5.41) is 0.608. The van der Waals surface area contributed by atoms with Gasteiger partial charge in [0.05, 0.1) is 10.9 Å². The summed E-state index contributed by atoms with van der Waals surface area (Å²) in [7, 11) is 0. The van der Waals surface area contributed by atoms with Crippen LogP contribution in [0.2, 0.25) is 0 Å². The molecule has 0 aliphatic rings. The molecule has 1 atom stereocenters. The van der Waals surface area contributed by atoms with Gasteiger partial charge in [-0.2, -0.15) is 0 Å². The highest BCUT2D eigenvalue weighted by Crippen LogP contribution is 2.27. The van der Waals surface area contributed by atoms with Gasteiger partial charge >= 0.3 is 5.97 Å². The Hall–Kier alpha value is -2.67. The lowest BCUT2D eigenvalue weighted by atomic mass is 10.2. The number of thiophene rings is 1. The molecule has 0 fully saturated rings. The van der Waals surface area contributed by atoms with Gasteiger partial charge in [-0.3, -0.25) is 4.79 Å². The fourth-order valence-corrected chi connectivity index (χ4v) is 4.18. The molecule has 3 rings (SSSR count). The van der Waals surface area contributed by atoms with Gasteiger partial charge in [-0.1, -0.05) is 0 Å². The molecule has 1 N–H and O–H groups in total. The Labute approximate surface area is 168 Å². The van der Waals surface area contributed by atoms with Gasteiger partial charge in [0.2, 0.25) is 0 Å². The number of H-pyrrole nitrogens is 1. The number of aromatic amines is 1. The molecule has 3 aromatic rings. The molecule has 0 saturated heterocycles. The molecule has 0 amide bonds. The first-order valence-electron chi connectivity index (χ1n) is 9.41. The monoisotopic (exact) mass is 399 g/mol. The molecule has 0 spiro atoms. The first-order valence-corrected chi connectivity index (χ1v) is 10.2. The van der Waals surface area contributed by atoms with E-state index >= 15 is 0 Å². The van der Waals surface area contributed by atoms with Crippen LogP contribution in [0.1, 0.15) is 53.5 Å². The lowest BCUT2D eigenvalue weighted by molar-refractivity contribution is 0.0320. The van der Waals surface area contributed by atoms with E-state index in [1.165, 1.54) is 11.3 Å². The predicted molar refractivity (Wildman–Crippen MR) is 114 cm³/mol. The van der Waals surface area contributed by atoms with Crippen LogP contribution in [-0.4, -0.2) is 29.0 Å². The summed E-state index contributed by atoms with van der Waals surface area (Å²) in [6.45, 7) is 11.6. The quantitative estimate of drug-likeness (QED) is 0.623. The van der Waals surface area contributed by atoms with Crippen molar-refractivity contribution in [1.29, 1.82) is 0 Å². The minimum absolute atomic E-state index is 0.201. The number of hydrogen-bond acceptors (Lipinski definition) is 6. The van der Waals surface area contributed by atoms with Gasteiger partial charge in [0.15, 0.2) is 11.9 Å². The van der Waals surface area contributed by atoms with Crippen molar-refractivity contribution in [3.63, 3.8) is 0 Å². The van der Waals surface area contributed by atoms with Crippen molar-refractivity contribution in [1.82, 2.24) is 9.97 Å². The van der Waals surface area contributed by atoms with E-state index in [1.807, 2.05) is 26.0 Å². The average Bonchev–Trinajstić information content (AvgIpc) is 2.97. The smallest absolute Gasteiger partial charge is 0.338 e. The number of esters is 1. The number of hydrogen-bond donors (Lipinski definition) is 1. The number of aromatic nitrogens is 2. The van der Waals surface area contributed by atoms with Crippen LogP contribution in [0.4, 0.5) is 5.69 Å². The summed E-state index contributed by atoms with van der Waals surface area (Å²) in [5.41, 5.74) is 2.27. The zero-order valence-electron chi connectivity index (χ0n) is 16.8. The molecule has 2 heterocycles. The largest absolute Gasteiger partial charge is 0.451 e. The average molecular weight is 400 g/mol. The summed E-state index contributed by atoms with van der Waals surface area (Å²) < 4.78 is 5.54. The molecular formula is C21H25N3O3S. The van der Waals surface area contributed by atoms with Gasteiger partial charge in [-0.25, -0.2) is 9.78 Å². The number of nitrogens with one attached hydrogen (secondary N) is 1. The van der Waals surface area contributed by atoms with Gasteiger partial charge < -0.3 is 14.6 Å². The maximum Gasteiger partial charge on any atom is 0.338 e. The van der Waals surface area contributed by atoms with Crippen molar-refractivity contribution >= 4 is 33.2 Å². The third kappa shape index (κ3) is 3.80. The molecule has 0 radical (unpaired) electrons. The Balaban J connectivity index is 1.79. The van der Waals surface area contributed by atoms with E-state index in [2.05, 4.69) is 28.7 Å². The van der Waals surface area contributed by atoms with Crippen molar-refractivity contribution < 1.29 is 9.53 Å². The standard InChI is InChI=1S/C21H25N3O3S/c1-6-24(7-2)16-10-8-15(9-11-16)21(26)27-13(4)18-22-19(25)17-12(3)14(5)28-20(17)23-18/h8-11,13H,6-7H2,1-5H3,(H,22,23,25)/t13-/m1/s1. The van der Waals surface area contributed by atoms with Crippen molar-refractivity contribution in [2.75, 3.05) is 18.0 Å². The topological polar surface area (TPSA) is 75.3 Å². The Kier molecular flexibility index (Phi) is 5.84. The number of ether oxygens (including phenoxy) is 1. The Morgan fingerprint density at radius 2 is 1.86 bits per heavy atom. The van der Waals surface area contributed by atoms with E-state index in [0.29, 0.717) is 21.6 Å². The molecular weight excluding hydrogens is 374 g/mol. The number of benzene rings is 1. The molecule has 148 valence electrons. The first-order chi connectivity index (χ1) is 13.3. The van der Waals surface area contributed by atoms with E-state index in [0.717, 1.165) is 29.2 Å². The van der Waals surface area contributed by atoms with Crippen LogP contribution in [0, 0.1) is 13.8 Å². The van der Waals surface area contributed by atoms with Crippen LogP contribution >= 0.6 is 11.3 Å². The normalized spacial score (nSPS) is 12.2. The molecule has 2 aromatic heterocycles. The van der Waals surface area contributed by atoms with Gasteiger partial charge in [-0.15, -0.1) is 11.3 Å². The van der Waals surface area contributed by atoms with E-state index in [1.54, 1.807) is 19.1 Å². The number of carbonyl (C=O) groups excluding carboxylic acids is 1. The highest BCUT2D eigenvalue weighted by Gasteiger charge is 2.19. The summed E-state index contributed by atoms with van der Waals surface area (Å²) >= 11 is 1.47. The predicted octanol–water partition coefficient (Wildman–Crippen LogP) is 4.37. The third-order valence-electron chi connectivity index (χ3n) is 4.96. The van der Waals surface area contributed by atoms with E-state index in [9.17, 15) is 9.59 Å². The third-order valence-corrected chi connectivity index (χ3v) is 6.06. The van der Waals surface area contributed by atoms with Crippen molar-refractivity contribution in [2.45, 2.75) is 40.7 Å². The van der Waals surface area contributed by atoms with Gasteiger partial charge in [0.25, 0.3) is 5.56 Å². The molecule has 1 aromatic carbocycles. The second-order valence-corrected chi connectivity index (χ2v) is 7.88. The van der Waals surface area contributed by atoms with Crippen LogP contribution in [0.3, 0.4) is 0 Å². The van der Waals surface area contributed by atoms with Crippen molar-refractivity contribution in [3.8, 4) is 0 Å². The Morgan fingerprint density at radius 1 is 1.21 bits per heavy atom. The van der Waals surface area contributed by atoms with E-state index < -0.39 is 12.1 Å². The molecule has 6 nitrogen and oxygen atoms in total. The zero-order chi connectivity index (χ0) is 20.4. The summed E-state index contributed by atoms with van der Waals surface area (Å²) in [5.74, 6) is -0.0910. The molecule has 28 heavy (non-hydrogen) atoms. The van der Waals surface area contributed by atoms with Crippen LogP contribution in [0.5, 0.6) is 0 Å². The molecule has 0 aliphatic heterocycles. The number of carbonyl (C=O) groups is 1. The summed E-state index contributed by atoms with van der Waals surface area (Å²) in [6, 6.07) is 7.34. The molecule has 0 saturated carbocycles. The highest BCUT2D eigenvalue weighted by molar-refractivity contribution is 7.18. The Bertz CT molecular complexity index is 1050. The molecule has 7 heteroatoms. The SMILES string of the molecule is CCN(CC)c1ccc(C(=O)O[C@H](C)c2nc3sc(C)c(C)c3c(=O)[nH]2)cc1. The summed E-state index contributed by atoms with van der Waals surface area (Å²) in [4.78, 5) is 36.1. The van der Waals surface area contributed by atoms with E-state index in [4.69, 9.17) is 4.74 Å². The summed E-state index contributed by atoms with van der Waals surface area (Å²) in [6.07, 6.45) is -0.658. The number of aryl methyl sites for hydroxylation is 2. The lowest BCUT2D eigenvalue weighted by Crippen LogP contribution is -2.21. The fourth-order valence-electron chi connectivity index (χ4n) is 3.15.